The van der Waals surface area contributed by atoms with Crippen molar-refractivity contribution in [1.29, 1.82) is 0 Å². The summed E-state index contributed by atoms with van der Waals surface area (Å²) in [6, 6.07) is 9.97. The number of carbonyl (C=O) groups is 1. The number of rotatable bonds is 3. The Morgan fingerprint density at radius 1 is 1.00 bits per heavy atom. The number of benzene rings is 1. The van der Waals surface area contributed by atoms with Gasteiger partial charge >= 0.3 is 0 Å². The van der Waals surface area contributed by atoms with Gasteiger partial charge in [-0.1, -0.05) is 12.1 Å². The van der Waals surface area contributed by atoms with Gasteiger partial charge in [0.2, 0.25) is 0 Å². The molecule has 0 radical (unpaired) electrons. The van der Waals surface area contributed by atoms with E-state index in [2.05, 4.69) is 47.3 Å². The summed E-state index contributed by atoms with van der Waals surface area (Å²) in [5, 5.41) is 5.37. The van der Waals surface area contributed by atoms with Crippen LogP contribution in [0.2, 0.25) is 0 Å². The maximum atomic E-state index is 12.4. The quantitative estimate of drug-likeness (QED) is 0.754. The first-order valence-electron chi connectivity index (χ1n) is 7.72. The summed E-state index contributed by atoms with van der Waals surface area (Å²) < 4.78 is 0. The number of nitrogens with zero attached hydrogens (tertiary/aromatic N) is 2. The first-order chi connectivity index (χ1) is 11.4. The molecule has 2 heterocycles. The van der Waals surface area contributed by atoms with Crippen molar-refractivity contribution in [2.45, 2.75) is 27.7 Å². The fourth-order valence-corrected chi connectivity index (χ4v) is 3.20. The van der Waals surface area contributed by atoms with E-state index in [1.54, 1.807) is 6.07 Å². The van der Waals surface area contributed by atoms with Crippen LogP contribution in [0, 0.1) is 27.7 Å². The smallest absolute Gasteiger partial charge is 0.276 e. The summed E-state index contributed by atoms with van der Waals surface area (Å²) in [4.78, 5) is 21.2. The van der Waals surface area contributed by atoms with Crippen LogP contribution in [0.3, 0.4) is 0 Å². The molecule has 3 rings (SSSR count). The van der Waals surface area contributed by atoms with E-state index in [-0.39, 0.29) is 5.91 Å². The Labute approximate surface area is 145 Å². The Morgan fingerprint density at radius 2 is 1.79 bits per heavy atom. The molecule has 0 unspecified atom stereocenters. The Kier molecular flexibility index (Phi) is 4.44. The van der Waals surface area contributed by atoms with Crippen molar-refractivity contribution in [2.24, 2.45) is 0 Å². The first kappa shape index (κ1) is 16.3. The molecule has 0 aliphatic heterocycles. The molecule has 1 amide bonds. The summed E-state index contributed by atoms with van der Waals surface area (Å²) in [7, 11) is 0. The van der Waals surface area contributed by atoms with E-state index in [4.69, 9.17) is 0 Å². The van der Waals surface area contributed by atoms with Crippen LogP contribution in [0.1, 0.15) is 32.9 Å². The number of amides is 1. The van der Waals surface area contributed by atoms with Gasteiger partial charge in [0.05, 0.1) is 5.69 Å². The summed E-state index contributed by atoms with van der Waals surface area (Å²) in [6.45, 7) is 8.00. The Balaban J connectivity index is 1.80. The van der Waals surface area contributed by atoms with Crippen molar-refractivity contribution in [3.8, 4) is 11.3 Å². The molecule has 0 saturated heterocycles. The van der Waals surface area contributed by atoms with Gasteiger partial charge in [-0.25, -0.2) is 9.97 Å². The molecule has 5 heteroatoms. The molecule has 0 aliphatic carbocycles. The Hall–Kier alpha value is -2.53. The molecule has 122 valence electrons. The largest absolute Gasteiger partial charge is 0.296 e. The van der Waals surface area contributed by atoms with E-state index in [1.807, 2.05) is 25.3 Å². The van der Waals surface area contributed by atoms with Gasteiger partial charge in [0.15, 0.2) is 5.13 Å². The normalized spacial score (nSPS) is 10.7. The SMILES string of the molecule is Cc1cc(C)nc(C(=O)Nc2nc(-c3ccc(C)c(C)c3)cs2)c1. The summed E-state index contributed by atoms with van der Waals surface area (Å²) >= 11 is 1.41. The molecule has 0 bridgehead atoms. The van der Waals surface area contributed by atoms with Crippen molar-refractivity contribution in [1.82, 2.24) is 9.97 Å². The molecule has 3 aromatic rings. The lowest BCUT2D eigenvalue weighted by atomic mass is 10.1. The van der Waals surface area contributed by atoms with E-state index in [9.17, 15) is 4.79 Å². The minimum atomic E-state index is -0.234. The summed E-state index contributed by atoms with van der Waals surface area (Å²) in [6.07, 6.45) is 0. The number of thiazole rings is 1. The molecule has 24 heavy (non-hydrogen) atoms. The minimum Gasteiger partial charge on any atom is -0.296 e. The number of anilines is 1. The van der Waals surface area contributed by atoms with Crippen LogP contribution in [0.25, 0.3) is 11.3 Å². The van der Waals surface area contributed by atoms with Crippen LogP contribution < -0.4 is 5.32 Å². The molecule has 1 N–H and O–H groups in total. The van der Waals surface area contributed by atoms with E-state index in [1.165, 1.54) is 22.5 Å². The highest BCUT2D eigenvalue weighted by atomic mass is 32.1. The number of hydrogen-bond donors (Lipinski definition) is 1. The van der Waals surface area contributed by atoms with Crippen molar-refractivity contribution in [3.05, 3.63) is 63.8 Å². The van der Waals surface area contributed by atoms with Crippen LogP contribution in [0.4, 0.5) is 5.13 Å². The van der Waals surface area contributed by atoms with Crippen LogP contribution >= 0.6 is 11.3 Å². The first-order valence-corrected chi connectivity index (χ1v) is 8.60. The molecule has 4 nitrogen and oxygen atoms in total. The number of pyridine rings is 1. The van der Waals surface area contributed by atoms with Crippen molar-refractivity contribution in [2.75, 3.05) is 5.32 Å². The molecular formula is C19H19N3OS. The topological polar surface area (TPSA) is 54.9 Å². The lowest BCUT2D eigenvalue weighted by Crippen LogP contribution is -2.14. The van der Waals surface area contributed by atoms with E-state index < -0.39 is 0 Å². The lowest BCUT2D eigenvalue weighted by Gasteiger charge is -2.04. The highest BCUT2D eigenvalue weighted by Crippen LogP contribution is 2.26. The number of aromatic nitrogens is 2. The summed E-state index contributed by atoms with van der Waals surface area (Å²) in [5.41, 5.74) is 6.66. The molecule has 1 aromatic carbocycles. The fraction of sp³-hybridized carbons (Fsp3) is 0.211. The molecule has 0 saturated carbocycles. The zero-order valence-corrected chi connectivity index (χ0v) is 15.0. The Bertz CT molecular complexity index is 894. The zero-order valence-electron chi connectivity index (χ0n) is 14.2. The van der Waals surface area contributed by atoms with Gasteiger partial charge in [0.25, 0.3) is 5.91 Å². The third-order valence-electron chi connectivity index (χ3n) is 3.86. The van der Waals surface area contributed by atoms with Gasteiger partial charge < -0.3 is 0 Å². The van der Waals surface area contributed by atoms with Crippen LogP contribution in [0.15, 0.2) is 35.7 Å². The number of hydrogen-bond acceptors (Lipinski definition) is 4. The van der Waals surface area contributed by atoms with Gasteiger partial charge in [-0.3, -0.25) is 10.1 Å². The van der Waals surface area contributed by atoms with Crippen molar-refractivity contribution >= 4 is 22.4 Å². The van der Waals surface area contributed by atoms with Crippen molar-refractivity contribution < 1.29 is 4.79 Å². The van der Waals surface area contributed by atoms with Crippen LogP contribution in [0.5, 0.6) is 0 Å². The second-order valence-corrected chi connectivity index (χ2v) is 6.82. The second kappa shape index (κ2) is 6.53. The highest BCUT2D eigenvalue weighted by molar-refractivity contribution is 7.14. The highest BCUT2D eigenvalue weighted by Gasteiger charge is 2.12. The average Bonchev–Trinajstić information content (AvgIpc) is 2.97. The van der Waals surface area contributed by atoms with Gasteiger partial charge in [0.1, 0.15) is 5.69 Å². The van der Waals surface area contributed by atoms with Crippen LogP contribution in [-0.2, 0) is 0 Å². The molecule has 0 aliphatic rings. The third kappa shape index (κ3) is 3.51. The molecule has 2 aromatic heterocycles. The molecule has 0 atom stereocenters. The lowest BCUT2D eigenvalue weighted by molar-refractivity contribution is 0.102. The van der Waals surface area contributed by atoms with Gasteiger partial charge in [-0.05, 0) is 62.6 Å². The predicted molar refractivity (Wildman–Crippen MR) is 98.7 cm³/mol. The summed E-state index contributed by atoms with van der Waals surface area (Å²) in [5.74, 6) is -0.234. The number of nitrogens with one attached hydrogen (secondary N) is 1. The average molecular weight is 337 g/mol. The van der Waals surface area contributed by atoms with Crippen LogP contribution in [-0.4, -0.2) is 15.9 Å². The fourth-order valence-electron chi connectivity index (χ4n) is 2.48. The predicted octanol–water partition coefficient (Wildman–Crippen LogP) is 4.69. The maximum absolute atomic E-state index is 12.4. The standard InChI is InChI=1S/C19H19N3OS/c1-11-7-14(4)20-16(8-11)18(23)22-19-21-17(10-24-19)15-6-5-12(2)13(3)9-15/h5-10H,1-4H3,(H,21,22,23). The van der Waals surface area contributed by atoms with E-state index in [0.717, 1.165) is 22.5 Å². The third-order valence-corrected chi connectivity index (χ3v) is 4.62. The van der Waals surface area contributed by atoms with Crippen molar-refractivity contribution in [3.63, 3.8) is 0 Å². The molecular weight excluding hydrogens is 318 g/mol. The second-order valence-electron chi connectivity index (χ2n) is 5.96. The van der Waals surface area contributed by atoms with E-state index >= 15 is 0 Å². The molecule has 0 fully saturated rings. The number of carbonyl (C=O) groups excluding carboxylic acids is 1. The minimum absolute atomic E-state index is 0.234. The van der Waals surface area contributed by atoms with Gasteiger partial charge in [0, 0.05) is 16.6 Å². The Morgan fingerprint density at radius 3 is 2.50 bits per heavy atom. The van der Waals surface area contributed by atoms with Gasteiger partial charge in [-0.2, -0.15) is 0 Å². The van der Waals surface area contributed by atoms with Gasteiger partial charge in [-0.15, -0.1) is 11.3 Å². The molecule has 0 spiro atoms. The zero-order chi connectivity index (χ0) is 17.3. The maximum Gasteiger partial charge on any atom is 0.276 e. The number of aryl methyl sites for hydroxylation is 4. The van der Waals surface area contributed by atoms with E-state index in [0.29, 0.717) is 10.8 Å². The monoisotopic (exact) mass is 337 g/mol.